The van der Waals surface area contributed by atoms with Crippen LogP contribution in [0.3, 0.4) is 0 Å². The van der Waals surface area contributed by atoms with E-state index in [1.54, 1.807) is 54.8 Å². The average molecular weight is 1120 g/mol. The van der Waals surface area contributed by atoms with Crippen LogP contribution in [0.1, 0.15) is 54.5 Å². The smallest absolute Gasteiger partial charge is 0.173 e. The Morgan fingerprint density at radius 1 is 0.375 bits per heavy atom. The molecule has 0 spiro atoms. The highest BCUT2D eigenvalue weighted by Gasteiger charge is 2.32. The van der Waals surface area contributed by atoms with E-state index in [1.807, 2.05) is 140 Å². The zero-order valence-corrected chi connectivity index (χ0v) is 46.9. The Kier molecular flexibility index (Phi) is 15.1. The van der Waals surface area contributed by atoms with Gasteiger partial charge in [0.15, 0.2) is 11.6 Å². The second kappa shape index (κ2) is 22.6. The molecule has 14 heteroatoms. The number of halogens is 3. The van der Waals surface area contributed by atoms with Gasteiger partial charge in [-0.05, 0) is 64.2 Å². The lowest BCUT2D eigenvalue weighted by molar-refractivity contribution is 0.0983. The number of nitrogens with one attached hydrogen (secondary N) is 3. The van der Waals surface area contributed by atoms with Crippen LogP contribution in [0.5, 0.6) is 34.5 Å². The number of H-pyrrole nitrogens is 3. The summed E-state index contributed by atoms with van der Waals surface area (Å²) < 4.78 is 36.9. The minimum atomic E-state index is -0.138. The first-order chi connectivity index (χ1) is 38.9. The number of hydrogen-bond acceptors (Lipinski definition) is 8. The quantitative estimate of drug-likeness (QED) is 0.0681. The van der Waals surface area contributed by atoms with E-state index < -0.39 is 0 Å². The third-order valence-electron chi connectivity index (χ3n) is 14.7. The average Bonchev–Trinajstić information content (AvgIpc) is 4.02. The van der Waals surface area contributed by atoms with Crippen LogP contribution < -0.4 is 28.4 Å². The molecule has 11 rings (SSSR count). The zero-order chi connectivity index (χ0) is 55.8. The number of hydrogen-bond donors (Lipinski definition) is 3. The van der Waals surface area contributed by atoms with Gasteiger partial charge < -0.3 is 43.4 Å². The Labute approximate surface area is 477 Å². The molecule has 11 nitrogen and oxygen atoms in total. The molecule has 3 N–H and O–H groups in total. The molecular formula is C66H54Cl3N3O8. The molecule has 3 aromatic heterocycles. The van der Waals surface area contributed by atoms with Crippen LogP contribution in [0.15, 0.2) is 152 Å². The summed E-state index contributed by atoms with van der Waals surface area (Å²) in [5.74, 6) is 2.59. The molecule has 0 fully saturated rings. The summed E-state index contributed by atoms with van der Waals surface area (Å²) >= 11 is 19.7. The standard InChI is InChI=1S/C66H54Cl3N3O8/c1-75-50-33-53(78-4)61-57(39-19-25-42(68)26-20-39)46(32-47-58(40-21-27-43(69)28-22-40)63-55(80-6)35-52(77-3)60(66(63)72-47)49(74)30-37-15-11-8-12-16-37)70-64(61)44(50)31-45-56(38-17-23-41(67)24-18-38)62-54(79-5)34-51(76-2)59(65(62)71-45)48(73)29-36-13-9-7-10-14-36/h7-28,33-35,70-72H,29-32H2,1-6H3. The van der Waals surface area contributed by atoms with Gasteiger partial charge in [-0.25, -0.2) is 0 Å². The van der Waals surface area contributed by atoms with Crippen LogP contribution in [0.25, 0.3) is 66.1 Å². The fourth-order valence-corrected chi connectivity index (χ4v) is 11.6. The maximum atomic E-state index is 14.7. The number of methoxy groups -OCH3 is 6. The Hall–Kier alpha value is -8.61. The molecule has 0 amide bonds. The summed E-state index contributed by atoms with van der Waals surface area (Å²) in [5, 5.41) is 3.89. The molecule has 0 saturated heterocycles. The molecule has 3 heterocycles. The molecule has 0 aliphatic heterocycles. The molecule has 0 bridgehead atoms. The van der Waals surface area contributed by atoms with Gasteiger partial charge >= 0.3 is 0 Å². The van der Waals surface area contributed by atoms with Crippen molar-refractivity contribution in [1.82, 2.24) is 15.0 Å². The molecule has 0 radical (unpaired) electrons. The lowest BCUT2D eigenvalue weighted by atomic mass is 9.93. The maximum absolute atomic E-state index is 14.7. The third-order valence-corrected chi connectivity index (χ3v) is 15.5. The Bertz CT molecular complexity index is 4130. The highest BCUT2D eigenvalue weighted by atomic mass is 35.5. The summed E-state index contributed by atoms with van der Waals surface area (Å²) in [6.45, 7) is 0. The van der Waals surface area contributed by atoms with Crippen LogP contribution in [0.4, 0.5) is 0 Å². The van der Waals surface area contributed by atoms with Crippen molar-refractivity contribution in [2.45, 2.75) is 25.7 Å². The fourth-order valence-electron chi connectivity index (χ4n) is 11.2. The van der Waals surface area contributed by atoms with E-state index in [1.165, 1.54) is 0 Å². The molecule has 8 aromatic carbocycles. The third kappa shape index (κ3) is 9.86. The predicted molar refractivity (Wildman–Crippen MR) is 320 cm³/mol. The Morgan fingerprint density at radius 3 is 1.04 bits per heavy atom. The van der Waals surface area contributed by atoms with E-state index in [2.05, 4.69) is 15.0 Å². The summed E-state index contributed by atoms with van der Waals surface area (Å²) in [6.07, 6.45) is 0.795. The predicted octanol–water partition coefficient (Wildman–Crippen LogP) is 16.2. The Balaban J connectivity index is 1.18. The van der Waals surface area contributed by atoms with Gasteiger partial charge in [-0.3, -0.25) is 9.59 Å². The van der Waals surface area contributed by atoms with Crippen molar-refractivity contribution < 1.29 is 38.0 Å². The molecule has 80 heavy (non-hydrogen) atoms. The van der Waals surface area contributed by atoms with E-state index in [-0.39, 0.29) is 37.2 Å². The van der Waals surface area contributed by atoms with Gasteiger partial charge in [0, 0.05) is 98.3 Å². The van der Waals surface area contributed by atoms with Crippen LogP contribution in [-0.2, 0) is 25.7 Å². The van der Waals surface area contributed by atoms with E-state index in [0.29, 0.717) is 82.5 Å². The van der Waals surface area contributed by atoms with E-state index in [4.69, 9.17) is 63.2 Å². The monoisotopic (exact) mass is 1120 g/mol. The van der Waals surface area contributed by atoms with Crippen molar-refractivity contribution in [1.29, 1.82) is 0 Å². The number of aromatic nitrogens is 3. The molecule has 11 aromatic rings. The van der Waals surface area contributed by atoms with Crippen LogP contribution in [0, 0.1) is 0 Å². The minimum Gasteiger partial charge on any atom is -0.496 e. The number of rotatable bonds is 19. The van der Waals surface area contributed by atoms with Crippen LogP contribution >= 0.6 is 34.8 Å². The number of carbonyl (C=O) groups excluding carboxylic acids is 2. The van der Waals surface area contributed by atoms with Gasteiger partial charge in [0.05, 0.1) is 86.5 Å². The van der Waals surface area contributed by atoms with E-state index in [0.717, 1.165) is 78.1 Å². The number of ketones is 2. The fraction of sp³-hybridized carbons (Fsp3) is 0.152. The first kappa shape index (κ1) is 53.4. The summed E-state index contributed by atoms with van der Waals surface area (Å²) in [6, 6.07) is 47.6. The van der Waals surface area contributed by atoms with Gasteiger partial charge in [0.2, 0.25) is 0 Å². The number of benzene rings is 8. The van der Waals surface area contributed by atoms with Crippen LogP contribution in [-0.4, -0.2) is 69.2 Å². The van der Waals surface area contributed by atoms with Crippen molar-refractivity contribution in [2.75, 3.05) is 42.7 Å². The largest absolute Gasteiger partial charge is 0.496 e. The molecule has 0 aliphatic rings. The van der Waals surface area contributed by atoms with E-state index >= 15 is 0 Å². The maximum Gasteiger partial charge on any atom is 0.173 e. The molecule has 0 atom stereocenters. The lowest BCUT2D eigenvalue weighted by Gasteiger charge is -2.15. The van der Waals surface area contributed by atoms with Gasteiger partial charge in [-0.15, -0.1) is 0 Å². The second-order valence-electron chi connectivity index (χ2n) is 19.3. The molecule has 0 saturated carbocycles. The first-order valence-corrected chi connectivity index (χ1v) is 26.9. The summed E-state index contributed by atoms with van der Waals surface area (Å²) in [5.41, 5.74) is 12.5. The molecule has 0 aliphatic carbocycles. The summed E-state index contributed by atoms with van der Waals surface area (Å²) in [4.78, 5) is 40.9. The number of ether oxygens (including phenoxy) is 6. The number of carbonyl (C=O) groups is 2. The number of fused-ring (bicyclic) bond motifs is 3. The molecule has 402 valence electrons. The zero-order valence-electron chi connectivity index (χ0n) is 44.7. The second-order valence-corrected chi connectivity index (χ2v) is 20.6. The number of Topliss-reactive ketones (excluding diaryl/α,β-unsaturated/α-hetero) is 2. The van der Waals surface area contributed by atoms with Gasteiger partial charge in [0.1, 0.15) is 34.5 Å². The summed E-state index contributed by atoms with van der Waals surface area (Å²) in [7, 11) is 9.59. The van der Waals surface area contributed by atoms with E-state index in [9.17, 15) is 9.59 Å². The van der Waals surface area contributed by atoms with Crippen LogP contribution in [0.2, 0.25) is 15.1 Å². The SMILES string of the molecule is COc1cc(OC)c2c(-c3ccc(Cl)cc3)c(Cc3[nH]c4c(C(=O)Cc5ccccc5)c(OC)cc(OC)c4c3-c3ccc(Cl)cc3)[nH]c2c1Cc1[nH]c2c(C(=O)Cc3ccccc3)c(OC)cc(OC)c2c1-c1ccc(Cl)cc1. The van der Waals surface area contributed by atoms with Crippen molar-refractivity contribution in [3.05, 3.63) is 212 Å². The van der Waals surface area contributed by atoms with Gasteiger partial charge in [-0.2, -0.15) is 0 Å². The normalized spacial score (nSPS) is 11.4. The lowest BCUT2D eigenvalue weighted by Crippen LogP contribution is -2.07. The highest BCUT2D eigenvalue weighted by molar-refractivity contribution is 6.31. The number of aromatic amines is 3. The van der Waals surface area contributed by atoms with Crippen molar-refractivity contribution >= 4 is 79.1 Å². The highest BCUT2D eigenvalue weighted by Crippen LogP contribution is 2.50. The topological polar surface area (TPSA) is 137 Å². The Morgan fingerprint density at radius 2 is 0.688 bits per heavy atom. The molecular weight excluding hydrogens is 1070 g/mol. The molecule has 0 unspecified atom stereocenters. The first-order valence-electron chi connectivity index (χ1n) is 25.7. The van der Waals surface area contributed by atoms with Crippen molar-refractivity contribution in [3.8, 4) is 67.9 Å². The van der Waals surface area contributed by atoms with Gasteiger partial charge in [-0.1, -0.05) is 132 Å². The van der Waals surface area contributed by atoms with Crippen molar-refractivity contribution in [3.63, 3.8) is 0 Å². The minimum absolute atomic E-state index is 0.135. The van der Waals surface area contributed by atoms with Crippen molar-refractivity contribution in [2.24, 2.45) is 0 Å². The van der Waals surface area contributed by atoms with Gasteiger partial charge in [0.25, 0.3) is 0 Å².